The van der Waals surface area contributed by atoms with E-state index >= 15 is 0 Å². The minimum Gasteiger partial charge on any atom is -0.489 e. The summed E-state index contributed by atoms with van der Waals surface area (Å²) in [6.45, 7) is 5.07. The van der Waals surface area contributed by atoms with Gasteiger partial charge in [0.25, 0.3) is 0 Å². The average Bonchev–Trinajstić information content (AvgIpc) is 3.25. The van der Waals surface area contributed by atoms with Crippen molar-refractivity contribution in [2.45, 2.75) is 24.3 Å². The van der Waals surface area contributed by atoms with Crippen molar-refractivity contribution in [3.05, 3.63) is 71.4 Å². The molecule has 42 heavy (non-hydrogen) atoms. The third kappa shape index (κ3) is 5.41. The van der Waals surface area contributed by atoms with Crippen LogP contribution in [-0.2, 0) is 10.0 Å². The van der Waals surface area contributed by atoms with Crippen molar-refractivity contribution in [2.75, 3.05) is 31.1 Å². The highest BCUT2D eigenvalue weighted by molar-refractivity contribution is 7.89. The van der Waals surface area contributed by atoms with Crippen LogP contribution in [0.25, 0.3) is 16.6 Å². The van der Waals surface area contributed by atoms with Gasteiger partial charge < -0.3 is 14.7 Å². The number of hydrogen-bond donors (Lipinski definition) is 2. The van der Waals surface area contributed by atoms with E-state index in [-0.39, 0.29) is 24.1 Å². The molecule has 2 fully saturated rings. The van der Waals surface area contributed by atoms with Crippen LogP contribution in [0.5, 0.6) is 5.75 Å². The van der Waals surface area contributed by atoms with Crippen LogP contribution < -0.4 is 14.4 Å². The first-order valence-electron chi connectivity index (χ1n) is 13.4. The second-order valence-electron chi connectivity index (χ2n) is 11.4. The number of nitrogens with one attached hydrogen (secondary N) is 1. The number of fused-ring (bicyclic) bond motifs is 2. The van der Waals surface area contributed by atoms with Crippen LogP contribution in [0.15, 0.2) is 59.9 Å². The Balaban J connectivity index is 1.14. The van der Waals surface area contributed by atoms with Crippen LogP contribution in [0.1, 0.15) is 19.4 Å². The number of ether oxygens (including phenoxy) is 1. The second kappa shape index (κ2) is 10.5. The van der Waals surface area contributed by atoms with Crippen LogP contribution in [0.4, 0.5) is 10.2 Å². The topological polar surface area (TPSA) is 133 Å². The molecule has 0 amide bonds. The molecule has 218 valence electrons. The van der Waals surface area contributed by atoms with Gasteiger partial charge in [-0.3, -0.25) is 0 Å². The summed E-state index contributed by atoms with van der Waals surface area (Å²) in [7, 11) is -4.07. The van der Waals surface area contributed by atoms with E-state index in [9.17, 15) is 23.2 Å². The highest BCUT2D eigenvalue weighted by atomic mass is 35.5. The Labute approximate surface area is 247 Å². The summed E-state index contributed by atoms with van der Waals surface area (Å²) in [5.41, 5.74) is 1.53. The van der Waals surface area contributed by atoms with E-state index in [1.54, 1.807) is 30.8 Å². The number of nitrogens with zero attached hydrogens (tertiary/aromatic N) is 5. The van der Waals surface area contributed by atoms with Crippen molar-refractivity contribution in [3.63, 3.8) is 0 Å². The number of nitriles is 1. The number of rotatable bonds is 9. The first-order valence-corrected chi connectivity index (χ1v) is 15.2. The Hall–Kier alpha value is -3.76. The lowest BCUT2D eigenvalue weighted by Crippen LogP contribution is -2.31. The third-order valence-corrected chi connectivity index (χ3v) is 9.68. The summed E-state index contributed by atoms with van der Waals surface area (Å²) in [4.78, 5) is 6.33. The van der Waals surface area contributed by atoms with Gasteiger partial charge in [0.1, 0.15) is 35.0 Å². The fourth-order valence-corrected chi connectivity index (χ4v) is 7.30. The summed E-state index contributed by atoms with van der Waals surface area (Å²) in [6.07, 6.45) is 4.91. The number of aromatic nitrogens is 3. The normalized spacial score (nSPS) is 20.0. The summed E-state index contributed by atoms with van der Waals surface area (Å²) >= 11 is 5.95. The quantitative estimate of drug-likeness (QED) is 0.292. The van der Waals surface area contributed by atoms with E-state index in [4.69, 9.17) is 16.3 Å². The Morgan fingerprint density at radius 3 is 2.64 bits per heavy atom. The third-order valence-electron chi connectivity index (χ3n) is 7.75. The fraction of sp³-hybridized carbons (Fsp3) is 0.345. The molecule has 1 saturated carbocycles. The van der Waals surface area contributed by atoms with E-state index < -0.39 is 26.3 Å². The van der Waals surface area contributed by atoms with Crippen molar-refractivity contribution < 1.29 is 22.7 Å². The molecule has 2 N–H and O–H groups in total. The number of halogens is 2. The van der Waals surface area contributed by atoms with E-state index in [1.807, 2.05) is 18.2 Å². The molecule has 1 unspecified atom stereocenters. The van der Waals surface area contributed by atoms with Crippen LogP contribution in [0.3, 0.4) is 0 Å². The minimum absolute atomic E-state index is 0.0815. The molecule has 2 aliphatic rings. The highest BCUT2D eigenvalue weighted by Crippen LogP contribution is 2.52. The zero-order valence-corrected chi connectivity index (χ0v) is 24.4. The molecule has 1 aromatic carbocycles. The van der Waals surface area contributed by atoms with Gasteiger partial charge >= 0.3 is 0 Å². The molecular weight excluding hydrogens is 583 g/mol. The molecule has 13 heteroatoms. The first-order chi connectivity index (χ1) is 19.9. The Morgan fingerprint density at radius 2 is 2.00 bits per heavy atom. The molecular formula is C29H28ClFN6O4S. The molecule has 3 atom stereocenters. The predicted octanol–water partition coefficient (Wildman–Crippen LogP) is 3.87. The van der Waals surface area contributed by atoms with E-state index in [0.717, 1.165) is 36.1 Å². The molecule has 4 aromatic rings. The van der Waals surface area contributed by atoms with Gasteiger partial charge in [0.2, 0.25) is 10.0 Å². The molecule has 4 heterocycles. The van der Waals surface area contributed by atoms with Gasteiger partial charge in [-0.25, -0.2) is 27.0 Å². The maximum Gasteiger partial charge on any atom is 0.244 e. The summed E-state index contributed by atoms with van der Waals surface area (Å²) < 4.78 is 49.4. The summed E-state index contributed by atoms with van der Waals surface area (Å²) in [5.74, 6) is 1.18. The molecule has 3 aromatic heterocycles. The zero-order chi connectivity index (χ0) is 29.8. The van der Waals surface area contributed by atoms with E-state index in [0.29, 0.717) is 28.7 Å². The van der Waals surface area contributed by atoms with Crippen LogP contribution in [0.2, 0.25) is 5.02 Å². The smallest absolute Gasteiger partial charge is 0.244 e. The Kier molecular flexibility index (Phi) is 7.09. The monoisotopic (exact) mass is 610 g/mol. The molecule has 1 aliphatic heterocycles. The van der Waals surface area contributed by atoms with Gasteiger partial charge in [-0.15, -0.1) is 0 Å². The lowest BCUT2D eigenvalue weighted by molar-refractivity contribution is 0.0283. The van der Waals surface area contributed by atoms with Gasteiger partial charge in [0, 0.05) is 37.0 Å². The highest BCUT2D eigenvalue weighted by Gasteiger charge is 2.55. The molecule has 10 nitrogen and oxygen atoms in total. The molecule has 1 saturated heterocycles. The Bertz CT molecular complexity index is 1780. The Morgan fingerprint density at radius 1 is 1.24 bits per heavy atom. The summed E-state index contributed by atoms with van der Waals surface area (Å²) in [6, 6.07) is 11.6. The molecule has 0 spiro atoms. The number of sulfonamides is 1. The van der Waals surface area contributed by atoms with E-state index in [1.165, 1.54) is 18.3 Å². The maximum atomic E-state index is 14.1. The van der Waals surface area contributed by atoms with Gasteiger partial charge in [-0.2, -0.15) is 10.4 Å². The molecule has 1 aliphatic carbocycles. The molecule has 0 radical (unpaired) electrons. The van der Waals surface area contributed by atoms with Crippen molar-refractivity contribution >= 4 is 33.0 Å². The van der Waals surface area contributed by atoms with Crippen molar-refractivity contribution in [2.24, 2.45) is 17.8 Å². The van der Waals surface area contributed by atoms with Crippen LogP contribution in [0, 0.1) is 34.9 Å². The zero-order valence-electron chi connectivity index (χ0n) is 22.8. The molecule has 0 bridgehead atoms. The number of benzene rings is 1. The predicted molar refractivity (Wildman–Crippen MR) is 154 cm³/mol. The lowest BCUT2D eigenvalue weighted by atomic mass is 10.1. The number of pyridine rings is 2. The van der Waals surface area contributed by atoms with Crippen molar-refractivity contribution in [1.82, 2.24) is 19.3 Å². The van der Waals surface area contributed by atoms with E-state index in [2.05, 4.69) is 25.8 Å². The van der Waals surface area contributed by atoms with Gasteiger partial charge in [0.15, 0.2) is 0 Å². The maximum absolute atomic E-state index is 14.1. The van der Waals surface area contributed by atoms with Crippen molar-refractivity contribution in [3.8, 4) is 22.9 Å². The minimum atomic E-state index is -4.07. The van der Waals surface area contributed by atoms with Crippen LogP contribution in [-0.4, -0.2) is 60.0 Å². The number of piperidine rings is 1. The van der Waals surface area contributed by atoms with Crippen LogP contribution >= 0.6 is 11.6 Å². The number of hydrogen-bond acceptors (Lipinski definition) is 8. The summed E-state index contributed by atoms with van der Waals surface area (Å²) in [5, 5.41) is 23.8. The molecule has 6 rings (SSSR count). The largest absolute Gasteiger partial charge is 0.489 e. The van der Waals surface area contributed by atoms with Crippen molar-refractivity contribution in [1.29, 1.82) is 5.26 Å². The standard InChI is InChI=1S/C29H28ClFN6O4S/c1-29(2,38)16-41-19-8-20(27-18(9-32)11-34-37(27)13-19)17-6-7-26(33-10-17)36-14-22-21(23(22)15-36)12-35-42(39,40)28-24(30)4-3-5-25(28)31/h3-8,10-11,13,21-23,35,38H,12,14-16H2,1-2H3/t21?,22-,23+. The SMILES string of the molecule is CC(C)(O)COc1cc(-c2ccc(N3C[C@@H]4C(CNS(=O)(=O)c5c(F)cccc5Cl)[C@@H]4C3)nc2)c2c(C#N)cnn2c1. The van der Waals surface area contributed by atoms with Gasteiger partial charge in [-0.05, 0) is 61.9 Å². The second-order valence-corrected chi connectivity index (χ2v) is 13.5. The van der Waals surface area contributed by atoms with Gasteiger partial charge in [0.05, 0.1) is 34.1 Å². The average molecular weight is 611 g/mol. The number of anilines is 1. The van der Waals surface area contributed by atoms with Gasteiger partial charge in [-0.1, -0.05) is 17.7 Å². The lowest BCUT2D eigenvalue weighted by Gasteiger charge is -2.21. The number of aliphatic hydroxyl groups is 1. The first kappa shape index (κ1) is 28.4. The fourth-order valence-electron chi connectivity index (χ4n) is 5.63.